The Kier molecular flexibility index (Phi) is 10.4. The van der Waals surface area contributed by atoms with Gasteiger partial charge >= 0.3 is 18.3 Å². The molecule has 5 rings (SSSR count). The van der Waals surface area contributed by atoms with Crippen molar-refractivity contribution < 1.29 is 44.6 Å². The fourth-order valence-corrected chi connectivity index (χ4v) is 5.67. The number of rotatable bonds is 10. The summed E-state index contributed by atoms with van der Waals surface area (Å²) in [5.41, 5.74) is -1.04. The zero-order valence-corrected chi connectivity index (χ0v) is 26.6. The standard InChI is InChI=1S/C29H28F5N9O5S/c1-47-27-39-9-17(10-40-27)22-13-37-24(14-36-22)43(28(44)48-15-23(30)31)19-5-3-18(4-6-19)41-26-38-12-21(29(32,33)34)25(42-26)16-7-20(11-35-8-16)49(2,45)46/h7-14,18-19,23H,3-6,15H2,1-2H3,(H,38,41,42)/t18-,19-. The molecule has 20 heteroatoms. The smallest absolute Gasteiger partial charge is 0.419 e. The Morgan fingerprint density at radius 2 is 1.67 bits per heavy atom. The molecular formula is C29H28F5N9O5S. The lowest BCUT2D eigenvalue weighted by Gasteiger charge is -2.35. The summed E-state index contributed by atoms with van der Waals surface area (Å²) >= 11 is 0. The zero-order valence-electron chi connectivity index (χ0n) is 25.8. The SMILES string of the molecule is COc1ncc(-c2cnc(N(C(=O)OCC(F)F)[C@H]3CC[C@H](Nc4ncc(C(F)(F)F)c(-c5cncc(S(C)(=O)=O)c5)n4)CC3)cn2)cn1. The third-order valence-electron chi connectivity index (χ3n) is 7.42. The van der Waals surface area contributed by atoms with Gasteiger partial charge in [-0.1, -0.05) is 0 Å². The van der Waals surface area contributed by atoms with Gasteiger partial charge in [-0.05, 0) is 31.7 Å². The van der Waals surface area contributed by atoms with Crippen LogP contribution in [0, 0.1) is 0 Å². The first-order chi connectivity index (χ1) is 23.2. The Bertz CT molecular complexity index is 1880. The maximum Gasteiger partial charge on any atom is 0.419 e. The summed E-state index contributed by atoms with van der Waals surface area (Å²) in [5.74, 6) is -0.0946. The maximum absolute atomic E-state index is 13.9. The highest BCUT2D eigenvalue weighted by Gasteiger charge is 2.37. The molecule has 0 saturated heterocycles. The summed E-state index contributed by atoms with van der Waals surface area (Å²) in [6, 6.07) is 0.287. The molecule has 1 aliphatic rings. The molecule has 4 heterocycles. The van der Waals surface area contributed by atoms with Gasteiger partial charge in [0.15, 0.2) is 22.3 Å². The topological polar surface area (TPSA) is 175 Å². The number of halogens is 5. The fourth-order valence-electron chi connectivity index (χ4n) is 5.07. The van der Waals surface area contributed by atoms with Crippen LogP contribution in [0.2, 0.25) is 0 Å². The van der Waals surface area contributed by atoms with E-state index in [4.69, 9.17) is 9.47 Å². The Balaban J connectivity index is 1.33. The lowest BCUT2D eigenvalue weighted by atomic mass is 9.90. The summed E-state index contributed by atoms with van der Waals surface area (Å²) < 4.78 is 101. The number of nitrogens with zero attached hydrogens (tertiary/aromatic N) is 8. The normalized spacial score (nSPS) is 16.7. The Morgan fingerprint density at radius 3 is 2.27 bits per heavy atom. The molecule has 1 aliphatic carbocycles. The minimum Gasteiger partial charge on any atom is -0.467 e. The number of methoxy groups -OCH3 is 1. The molecule has 260 valence electrons. The predicted molar refractivity (Wildman–Crippen MR) is 162 cm³/mol. The largest absolute Gasteiger partial charge is 0.467 e. The van der Waals surface area contributed by atoms with Crippen molar-refractivity contribution in [3.63, 3.8) is 0 Å². The van der Waals surface area contributed by atoms with Crippen LogP contribution in [-0.4, -0.2) is 87.9 Å². The van der Waals surface area contributed by atoms with Gasteiger partial charge in [0.1, 0.15) is 5.56 Å². The van der Waals surface area contributed by atoms with Gasteiger partial charge < -0.3 is 14.8 Å². The summed E-state index contributed by atoms with van der Waals surface area (Å²) in [6.45, 7) is -1.13. The molecule has 1 amide bonds. The van der Waals surface area contributed by atoms with Crippen molar-refractivity contribution in [1.29, 1.82) is 0 Å². The second-order valence-corrected chi connectivity index (χ2v) is 12.9. The van der Waals surface area contributed by atoms with E-state index in [0.29, 0.717) is 43.1 Å². The second-order valence-electron chi connectivity index (χ2n) is 10.8. The molecule has 0 aliphatic heterocycles. The molecule has 14 nitrogen and oxygen atoms in total. The first-order valence-electron chi connectivity index (χ1n) is 14.5. The van der Waals surface area contributed by atoms with Gasteiger partial charge in [-0.2, -0.15) is 13.2 Å². The van der Waals surface area contributed by atoms with E-state index < -0.39 is 52.4 Å². The zero-order chi connectivity index (χ0) is 35.3. The number of carbonyl (C=O) groups is 1. The highest BCUT2D eigenvalue weighted by molar-refractivity contribution is 7.90. The van der Waals surface area contributed by atoms with E-state index in [1.165, 1.54) is 31.9 Å². The molecule has 0 bridgehead atoms. The average Bonchev–Trinajstić information content (AvgIpc) is 3.08. The predicted octanol–water partition coefficient (Wildman–Crippen LogP) is 4.85. The number of aromatic nitrogens is 7. The molecule has 0 spiro atoms. The maximum atomic E-state index is 13.9. The average molecular weight is 710 g/mol. The first kappa shape index (κ1) is 35.2. The van der Waals surface area contributed by atoms with Crippen LogP contribution in [0.15, 0.2) is 54.3 Å². The van der Waals surface area contributed by atoms with Crippen LogP contribution in [0.25, 0.3) is 22.5 Å². The minimum atomic E-state index is -4.85. The highest BCUT2D eigenvalue weighted by Crippen LogP contribution is 2.37. The molecule has 0 radical (unpaired) electrons. The highest BCUT2D eigenvalue weighted by atomic mass is 32.2. The van der Waals surface area contributed by atoms with Crippen molar-refractivity contribution in [2.24, 2.45) is 0 Å². The van der Waals surface area contributed by atoms with E-state index in [2.05, 4.69) is 40.2 Å². The third-order valence-corrected chi connectivity index (χ3v) is 8.50. The Hall–Kier alpha value is -5.14. The summed E-state index contributed by atoms with van der Waals surface area (Å²) in [4.78, 5) is 42.2. The van der Waals surface area contributed by atoms with E-state index in [9.17, 15) is 35.2 Å². The van der Waals surface area contributed by atoms with Crippen LogP contribution in [0.1, 0.15) is 31.2 Å². The van der Waals surface area contributed by atoms with Gasteiger partial charge in [-0.3, -0.25) is 14.9 Å². The third kappa shape index (κ3) is 8.67. The molecular weight excluding hydrogens is 681 g/mol. The van der Waals surface area contributed by atoms with E-state index >= 15 is 0 Å². The molecule has 1 saturated carbocycles. The van der Waals surface area contributed by atoms with Crippen LogP contribution in [0.5, 0.6) is 6.01 Å². The Labute approximate surface area is 276 Å². The first-order valence-corrected chi connectivity index (χ1v) is 16.4. The number of anilines is 2. The van der Waals surface area contributed by atoms with Crippen LogP contribution >= 0.6 is 0 Å². The van der Waals surface area contributed by atoms with Gasteiger partial charge in [0.2, 0.25) is 5.95 Å². The molecule has 0 atom stereocenters. The van der Waals surface area contributed by atoms with E-state index in [1.807, 2.05) is 0 Å². The van der Waals surface area contributed by atoms with Crippen LogP contribution in [0.4, 0.5) is 38.5 Å². The van der Waals surface area contributed by atoms with Crippen molar-refractivity contribution in [3.05, 3.63) is 55.0 Å². The lowest BCUT2D eigenvalue weighted by Crippen LogP contribution is -2.45. The molecule has 0 unspecified atom stereocenters. The Morgan fingerprint density at radius 1 is 0.959 bits per heavy atom. The number of pyridine rings is 1. The van der Waals surface area contributed by atoms with Gasteiger partial charge in [0.05, 0.1) is 35.8 Å². The number of ether oxygens (including phenoxy) is 2. The molecule has 1 N–H and O–H groups in total. The van der Waals surface area contributed by atoms with Gasteiger partial charge in [0.25, 0.3) is 6.43 Å². The van der Waals surface area contributed by atoms with Crippen molar-refractivity contribution >= 4 is 27.7 Å². The number of hydrogen-bond donors (Lipinski definition) is 1. The molecule has 0 aromatic carbocycles. The summed E-state index contributed by atoms with van der Waals surface area (Å²) in [5, 5.41) is 3.01. The molecule has 4 aromatic rings. The fraction of sp³-hybridized carbons (Fsp3) is 0.379. The minimum absolute atomic E-state index is 0.0505. The number of nitrogens with one attached hydrogen (secondary N) is 1. The summed E-state index contributed by atoms with van der Waals surface area (Å²) in [6.07, 6.45) is 1.74. The number of alkyl halides is 5. The number of amides is 1. The number of sulfone groups is 1. The lowest BCUT2D eigenvalue weighted by molar-refractivity contribution is -0.137. The van der Waals surface area contributed by atoms with Gasteiger partial charge in [-0.15, -0.1) is 0 Å². The van der Waals surface area contributed by atoms with Crippen molar-refractivity contribution in [2.75, 3.05) is 30.2 Å². The molecule has 1 fully saturated rings. The van der Waals surface area contributed by atoms with Gasteiger partial charge in [-0.25, -0.2) is 46.9 Å². The monoisotopic (exact) mass is 709 g/mol. The second kappa shape index (κ2) is 14.5. The summed E-state index contributed by atoms with van der Waals surface area (Å²) in [7, 11) is -2.36. The van der Waals surface area contributed by atoms with Crippen molar-refractivity contribution in [1.82, 2.24) is 34.9 Å². The van der Waals surface area contributed by atoms with E-state index in [0.717, 1.165) is 29.6 Å². The van der Waals surface area contributed by atoms with Crippen LogP contribution in [0.3, 0.4) is 0 Å². The van der Waals surface area contributed by atoms with Gasteiger partial charge in [0, 0.05) is 60.5 Å². The number of hydrogen-bond acceptors (Lipinski definition) is 13. The van der Waals surface area contributed by atoms with Crippen LogP contribution in [-0.2, 0) is 20.8 Å². The number of carbonyl (C=O) groups excluding carboxylic acids is 1. The molecule has 4 aromatic heterocycles. The van der Waals surface area contributed by atoms with Crippen LogP contribution < -0.4 is 15.0 Å². The quantitative estimate of drug-likeness (QED) is 0.222. The van der Waals surface area contributed by atoms with E-state index in [-0.39, 0.29) is 34.3 Å². The molecule has 49 heavy (non-hydrogen) atoms. The van der Waals surface area contributed by atoms with Crippen molar-refractivity contribution in [2.45, 2.75) is 55.3 Å². The van der Waals surface area contributed by atoms with E-state index in [1.54, 1.807) is 0 Å². The van der Waals surface area contributed by atoms with Crippen molar-refractivity contribution in [3.8, 4) is 28.5 Å².